The number of anilines is 2. The summed E-state index contributed by atoms with van der Waals surface area (Å²) in [5.74, 6) is 5.68. The molecular formula is C16H14ClN3O. The van der Waals surface area contributed by atoms with Crippen LogP contribution in [0, 0.1) is 11.8 Å². The van der Waals surface area contributed by atoms with Crippen molar-refractivity contribution in [1.29, 1.82) is 0 Å². The molecule has 2 rings (SSSR count). The molecule has 0 aliphatic heterocycles. The zero-order chi connectivity index (χ0) is 15.1. The van der Waals surface area contributed by atoms with Gasteiger partial charge < -0.3 is 16.4 Å². The third-order valence-corrected chi connectivity index (χ3v) is 2.81. The average Bonchev–Trinajstić information content (AvgIpc) is 2.48. The van der Waals surface area contributed by atoms with Gasteiger partial charge in [-0.3, -0.25) is 0 Å². The fourth-order valence-electron chi connectivity index (χ4n) is 1.65. The van der Waals surface area contributed by atoms with E-state index in [4.69, 9.17) is 17.3 Å². The highest BCUT2D eigenvalue weighted by atomic mass is 35.5. The van der Waals surface area contributed by atoms with Crippen LogP contribution in [0.3, 0.4) is 0 Å². The lowest BCUT2D eigenvalue weighted by Crippen LogP contribution is -2.19. The Morgan fingerprint density at radius 2 is 1.81 bits per heavy atom. The predicted octanol–water partition coefficient (Wildman–Crippen LogP) is 3.29. The number of urea groups is 1. The van der Waals surface area contributed by atoms with Crippen molar-refractivity contribution in [1.82, 2.24) is 0 Å². The van der Waals surface area contributed by atoms with E-state index in [9.17, 15) is 4.79 Å². The Labute approximate surface area is 128 Å². The van der Waals surface area contributed by atoms with Crippen molar-refractivity contribution in [3.8, 4) is 11.8 Å². The number of amides is 2. The Kier molecular flexibility index (Phi) is 5.22. The molecule has 0 heterocycles. The van der Waals surface area contributed by atoms with Crippen LogP contribution in [-0.2, 0) is 0 Å². The molecule has 0 saturated carbocycles. The minimum atomic E-state index is -0.332. The first-order valence-corrected chi connectivity index (χ1v) is 6.68. The molecule has 4 nitrogen and oxygen atoms in total. The molecule has 2 aromatic rings. The first kappa shape index (κ1) is 14.9. The summed E-state index contributed by atoms with van der Waals surface area (Å²) in [4.78, 5) is 11.9. The number of carbonyl (C=O) groups excluding carboxylic acids is 1. The summed E-state index contributed by atoms with van der Waals surface area (Å²) >= 11 is 5.79. The van der Waals surface area contributed by atoms with Gasteiger partial charge in [-0.25, -0.2) is 4.79 Å². The molecule has 0 spiro atoms. The monoisotopic (exact) mass is 299 g/mol. The summed E-state index contributed by atoms with van der Waals surface area (Å²) in [6.45, 7) is 0.300. The Morgan fingerprint density at radius 1 is 1.10 bits per heavy atom. The summed E-state index contributed by atoms with van der Waals surface area (Å²) in [6.07, 6.45) is 0. The summed E-state index contributed by atoms with van der Waals surface area (Å²) in [5.41, 5.74) is 7.45. The van der Waals surface area contributed by atoms with E-state index in [1.165, 1.54) is 0 Å². The zero-order valence-electron chi connectivity index (χ0n) is 11.2. The van der Waals surface area contributed by atoms with E-state index in [2.05, 4.69) is 22.5 Å². The number of nitrogens with two attached hydrogens (primary N) is 1. The molecule has 0 aliphatic rings. The number of hydrogen-bond donors (Lipinski definition) is 3. The molecule has 0 aromatic heterocycles. The smallest absolute Gasteiger partial charge is 0.320 e. The van der Waals surface area contributed by atoms with Crippen LogP contribution in [0.15, 0.2) is 48.5 Å². The van der Waals surface area contributed by atoms with Crippen molar-refractivity contribution in [2.24, 2.45) is 5.73 Å². The first-order valence-electron chi connectivity index (χ1n) is 6.30. The van der Waals surface area contributed by atoms with E-state index >= 15 is 0 Å². The van der Waals surface area contributed by atoms with Crippen molar-refractivity contribution < 1.29 is 4.79 Å². The second kappa shape index (κ2) is 7.34. The highest BCUT2D eigenvalue weighted by molar-refractivity contribution is 6.30. The maximum Gasteiger partial charge on any atom is 0.323 e. The van der Waals surface area contributed by atoms with Gasteiger partial charge in [-0.2, -0.15) is 0 Å². The average molecular weight is 300 g/mol. The predicted molar refractivity (Wildman–Crippen MR) is 86.5 cm³/mol. The highest BCUT2D eigenvalue weighted by Crippen LogP contribution is 2.14. The summed E-state index contributed by atoms with van der Waals surface area (Å²) < 4.78 is 0. The van der Waals surface area contributed by atoms with Crippen LogP contribution in [0.25, 0.3) is 0 Å². The van der Waals surface area contributed by atoms with Gasteiger partial charge in [0, 0.05) is 22.0 Å². The zero-order valence-corrected chi connectivity index (χ0v) is 11.9. The number of benzene rings is 2. The molecular weight excluding hydrogens is 286 g/mol. The van der Waals surface area contributed by atoms with Gasteiger partial charge >= 0.3 is 6.03 Å². The van der Waals surface area contributed by atoms with E-state index in [1.807, 2.05) is 12.1 Å². The van der Waals surface area contributed by atoms with E-state index in [0.717, 1.165) is 5.56 Å². The number of nitrogens with one attached hydrogen (secondary N) is 2. The lowest BCUT2D eigenvalue weighted by atomic mass is 10.2. The van der Waals surface area contributed by atoms with Crippen LogP contribution < -0.4 is 16.4 Å². The quantitative estimate of drug-likeness (QED) is 0.745. The first-order chi connectivity index (χ1) is 10.2. The Bertz CT molecular complexity index is 687. The number of hydrogen-bond acceptors (Lipinski definition) is 2. The summed E-state index contributed by atoms with van der Waals surface area (Å²) in [7, 11) is 0. The van der Waals surface area contributed by atoms with E-state index < -0.39 is 0 Å². The van der Waals surface area contributed by atoms with Crippen LogP contribution in [0.4, 0.5) is 16.2 Å². The van der Waals surface area contributed by atoms with Crippen molar-refractivity contribution in [3.63, 3.8) is 0 Å². The van der Waals surface area contributed by atoms with Crippen LogP contribution in [0.5, 0.6) is 0 Å². The van der Waals surface area contributed by atoms with Gasteiger partial charge in [0.05, 0.1) is 6.54 Å². The molecule has 2 amide bonds. The topological polar surface area (TPSA) is 67.1 Å². The standard InChI is InChI=1S/C16H14ClN3O/c17-13-6-8-14(9-7-13)19-16(21)20-15-5-1-3-12(11-15)4-2-10-18/h1,3,5-9,11H,10,18H2,(H2,19,20,21). The molecule has 0 fully saturated rings. The van der Waals surface area contributed by atoms with Gasteiger partial charge in [-0.1, -0.05) is 29.5 Å². The van der Waals surface area contributed by atoms with Crippen molar-refractivity contribution in [2.45, 2.75) is 0 Å². The molecule has 0 aliphatic carbocycles. The third-order valence-electron chi connectivity index (χ3n) is 2.56. The molecule has 0 bridgehead atoms. The lowest BCUT2D eigenvalue weighted by Gasteiger charge is -2.08. The van der Waals surface area contributed by atoms with Gasteiger partial charge in [0.15, 0.2) is 0 Å². The van der Waals surface area contributed by atoms with Crippen LogP contribution in [0.1, 0.15) is 5.56 Å². The SMILES string of the molecule is NCC#Cc1cccc(NC(=O)Nc2ccc(Cl)cc2)c1. The lowest BCUT2D eigenvalue weighted by molar-refractivity contribution is 0.262. The number of carbonyl (C=O) groups is 1. The maximum absolute atomic E-state index is 11.9. The normalized spacial score (nSPS) is 9.43. The molecule has 0 radical (unpaired) electrons. The highest BCUT2D eigenvalue weighted by Gasteiger charge is 2.02. The summed E-state index contributed by atoms with van der Waals surface area (Å²) in [6, 6.07) is 13.8. The minimum Gasteiger partial charge on any atom is -0.320 e. The molecule has 0 unspecified atom stereocenters. The van der Waals surface area contributed by atoms with Gasteiger partial charge in [0.1, 0.15) is 0 Å². The van der Waals surface area contributed by atoms with Crippen molar-refractivity contribution in [2.75, 3.05) is 17.2 Å². The largest absolute Gasteiger partial charge is 0.323 e. The fourth-order valence-corrected chi connectivity index (χ4v) is 1.78. The molecule has 5 heteroatoms. The van der Waals surface area contributed by atoms with Crippen LogP contribution in [-0.4, -0.2) is 12.6 Å². The number of rotatable bonds is 2. The van der Waals surface area contributed by atoms with Gasteiger partial charge in [0.25, 0.3) is 0 Å². The van der Waals surface area contributed by atoms with Crippen LogP contribution >= 0.6 is 11.6 Å². The van der Waals surface area contributed by atoms with Gasteiger partial charge in [-0.05, 0) is 42.5 Å². The van der Waals surface area contributed by atoms with Crippen molar-refractivity contribution in [3.05, 3.63) is 59.1 Å². The molecule has 106 valence electrons. The second-order valence-corrected chi connectivity index (χ2v) is 4.61. The third kappa shape index (κ3) is 4.84. The fraction of sp³-hybridized carbons (Fsp3) is 0.0625. The maximum atomic E-state index is 11.9. The van der Waals surface area contributed by atoms with E-state index in [0.29, 0.717) is 22.9 Å². The molecule has 4 N–H and O–H groups in total. The van der Waals surface area contributed by atoms with Gasteiger partial charge in [-0.15, -0.1) is 0 Å². The van der Waals surface area contributed by atoms with Crippen molar-refractivity contribution >= 4 is 29.0 Å². The van der Waals surface area contributed by atoms with E-state index in [1.54, 1.807) is 36.4 Å². The Morgan fingerprint density at radius 3 is 2.52 bits per heavy atom. The van der Waals surface area contributed by atoms with E-state index in [-0.39, 0.29) is 6.03 Å². The second-order valence-electron chi connectivity index (χ2n) is 4.17. The molecule has 0 saturated heterocycles. The van der Waals surface area contributed by atoms with Crippen LogP contribution in [0.2, 0.25) is 5.02 Å². The Balaban J connectivity index is 2.00. The van der Waals surface area contributed by atoms with Gasteiger partial charge in [0.2, 0.25) is 0 Å². The summed E-state index contributed by atoms with van der Waals surface area (Å²) in [5, 5.41) is 6.07. The molecule has 21 heavy (non-hydrogen) atoms. The number of halogens is 1. The Hall–Kier alpha value is -2.48. The molecule has 0 atom stereocenters. The minimum absolute atomic E-state index is 0.300. The molecule has 2 aromatic carbocycles.